The third kappa shape index (κ3) is 1.96. The molecule has 2 nitrogen and oxygen atoms in total. The van der Waals surface area contributed by atoms with Gasteiger partial charge in [-0.1, -0.05) is 0 Å². The zero-order valence-corrected chi connectivity index (χ0v) is 9.62. The van der Waals surface area contributed by atoms with Gasteiger partial charge in [-0.25, -0.2) is 0 Å². The Morgan fingerprint density at radius 1 is 1.64 bits per heavy atom. The van der Waals surface area contributed by atoms with Gasteiger partial charge in [-0.05, 0) is 18.6 Å². The van der Waals surface area contributed by atoms with Crippen molar-refractivity contribution >= 4 is 28.9 Å². The lowest BCUT2D eigenvalue weighted by atomic mass is 10.1. The number of methoxy groups -OCH3 is 1. The Hall–Kier alpha value is -0.480. The number of thiophene rings is 1. The van der Waals surface area contributed by atoms with E-state index in [0.29, 0.717) is 0 Å². The summed E-state index contributed by atoms with van der Waals surface area (Å²) < 4.78 is 5.06. The average molecular weight is 228 g/mol. The molecule has 0 saturated carbocycles. The van der Waals surface area contributed by atoms with Crippen molar-refractivity contribution in [3.05, 3.63) is 16.3 Å². The maximum atomic E-state index is 11.9. The summed E-state index contributed by atoms with van der Waals surface area (Å²) in [6, 6.07) is 1.84. The molecule has 0 bridgehead atoms. The number of hydrogen-bond acceptors (Lipinski definition) is 4. The number of Topliss-reactive ketones (excluding diaryl/α,β-unsaturated/α-hetero) is 1. The van der Waals surface area contributed by atoms with E-state index in [1.54, 1.807) is 18.9 Å². The molecule has 2 heterocycles. The van der Waals surface area contributed by atoms with E-state index < -0.39 is 0 Å². The Morgan fingerprint density at radius 3 is 3.07 bits per heavy atom. The first kappa shape index (κ1) is 10.1. The molecule has 14 heavy (non-hydrogen) atoms. The lowest BCUT2D eigenvalue weighted by Crippen LogP contribution is -2.12. The van der Waals surface area contributed by atoms with Crippen molar-refractivity contribution in [2.75, 3.05) is 12.9 Å². The van der Waals surface area contributed by atoms with Crippen LogP contribution in [0.3, 0.4) is 0 Å². The Morgan fingerprint density at radius 2 is 2.50 bits per heavy atom. The zero-order chi connectivity index (χ0) is 9.97. The fourth-order valence-electron chi connectivity index (χ4n) is 1.50. The van der Waals surface area contributed by atoms with Gasteiger partial charge in [0.1, 0.15) is 5.75 Å². The minimum Gasteiger partial charge on any atom is -0.496 e. The first-order valence-electron chi connectivity index (χ1n) is 4.59. The summed E-state index contributed by atoms with van der Waals surface area (Å²) in [6.07, 6.45) is 2.20. The smallest absolute Gasteiger partial charge is 0.185 e. The highest BCUT2D eigenvalue weighted by Crippen LogP contribution is 2.32. The van der Waals surface area contributed by atoms with Crippen molar-refractivity contribution in [3.8, 4) is 5.75 Å². The predicted octanol–water partition coefficient (Wildman–Crippen LogP) is 2.84. The molecule has 1 saturated heterocycles. The zero-order valence-electron chi connectivity index (χ0n) is 7.99. The van der Waals surface area contributed by atoms with E-state index in [2.05, 4.69) is 0 Å². The third-order valence-electron chi connectivity index (χ3n) is 2.28. The van der Waals surface area contributed by atoms with E-state index in [-0.39, 0.29) is 11.0 Å². The molecule has 0 radical (unpaired) electrons. The molecular weight excluding hydrogens is 216 g/mol. The average Bonchev–Trinajstić information content (AvgIpc) is 2.88. The molecule has 1 aromatic rings. The number of carbonyl (C=O) groups excluding carboxylic acids is 1. The van der Waals surface area contributed by atoms with Crippen molar-refractivity contribution in [1.29, 1.82) is 0 Å². The Balaban J connectivity index is 2.09. The van der Waals surface area contributed by atoms with E-state index in [1.165, 1.54) is 17.8 Å². The Kier molecular flexibility index (Phi) is 3.13. The molecule has 1 aromatic heterocycles. The first-order chi connectivity index (χ1) is 6.81. The monoisotopic (exact) mass is 228 g/mol. The Labute approximate surface area is 91.7 Å². The van der Waals surface area contributed by atoms with Crippen molar-refractivity contribution in [1.82, 2.24) is 0 Å². The Bertz CT molecular complexity index is 327. The molecule has 2 rings (SSSR count). The predicted molar refractivity (Wildman–Crippen MR) is 60.7 cm³/mol. The van der Waals surface area contributed by atoms with Gasteiger partial charge in [0.05, 0.1) is 17.2 Å². The van der Waals surface area contributed by atoms with Gasteiger partial charge in [0, 0.05) is 11.4 Å². The number of carbonyl (C=O) groups is 1. The van der Waals surface area contributed by atoms with Crippen molar-refractivity contribution in [2.45, 2.75) is 18.1 Å². The highest BCUT2D eigenvalue weighted by molar-refractivity contribution is 8.00. The van der Waals surface area contributed by atoms with Gasteiger partial charge in [-0.3, -0.25) is 4.79 Å². The lowest BCUT2D eigenvalue weighted by Gasteiger charge is -2.03. The summed E-state index contributed by atoms with van der Waals surface area (Å²) in [7, 11) is 1.63. The molecule has 1 aliphatic heterocycles. The fraction of sp³-hybridized carbons (Fsp3) is 0.500. The maximum Gasteiger partial charge on any atom is 0.185 e. The van der Waals surface area contributed by atoms with Crippen LogP contribution in [0.1, 0.15) is 22.5 Å². The lowest BCUT2D eigenvalue weighted by molar-refractivity contribution is 0.0992. The van der Waals surface area contributed by atoms with Crippen molar-refractivity contribution < 1.29 is 9.53 Å². The van der Waals surface area contributed by atoms with Crippen LogP contribution in [0.15, 0.2) is 11.4 Å². The molecule has 1 fully saturated rings. The van der Waals surface area contributed by atoms with Crippen LogP contribution in [-0.4, -0.2) is 23.9 Å². The molecule has 0 spiro atoms. The number of hydrogen-bond donors (Lipinski definition) is 0. The molecule has 0 amide bonds. The summed E-state index contributed by atoms with van der Waals surface area (Å²) in [5, 5.41) is 2.07. The van der Waals surface area contributed by atoms with Gasteiger partial charge in [-0.2, -0.15) is 11.8 Å². The van der Waals surface area contributed by atoms with Gasteiger partial charge >= 0.3 is 0 Å². The second kappa shape index (κ2) is 4.36. The topological polar surface area (TPSA) is 26.3 Å². The van der Waals surface area contributed by atoms with Crippen LogP contribution < -0.4 is 4.74 Å². The minimum absolute atomic E-state index is 0.193. The summed E-state index contributed by atoms with van der Waals surface area (Å²) >= 11 is 3.26. The van der Waals surface area contributed by atoms with Crippen LogP contribution in [0.4, 0.5) is 0 Å². The van der Waals surface area contributed by atoms with Crippen LogP contribution in [0, 0.1) is 0 Å². The van der Waals surface area contributed by atoms with Gasteiger partial charge in [0.25, 0.3) is 0 Å². The SMILES string of the molecule is COc1csc(C(=O)C2CCCS2)c1. The largest absolute Gasteiger partial charge is 0.496 e. The number of rotatable bonds is 3. The number of thioether (sulfide) groups is 1. The van der Waals surface area contributed by atoms with Crippen LogP contribution in [0.5, 0.6) is 5.75 Å². The number of ketones is 1. The second-order valence-corrected chi connectivity index (χ2v) is 5.44. The van der Waals surface area contributed by atoms with E-state index >= 15 is 0 Å². The first-order valence-corrected chi connectivity index (χ1v) is 6.52. The van der Waals surface area contributed by atoms with Gasteiger partial charge in [0.15, 0.2) is 5.78 Å². The summed E-state index contributed by atoms with van der Waals surface area (Å²) in [5.74, 6) is 2.20. The van der Waals surface area contributed by atoms with Crippen LogP contribution in [0.2, 0.25) is 0 Å². The molecule has 1 unspecified atom stereocenters. The molecular formula is C10H12O2S2. The van der Waals surface area contributed by atoms with Crippen molar-refractivity contribution in [2.24, 2.45) is 0 Å². The normalized spacial score (nSPS) is 21.1. The quantitative estimate of drug-likeness (QED) is 0.744. The van der Waals surface area contributed by atoms with Crippen LogP contribution >= 0.6 is 23.1 Å². The highest BCUT2D eigenvalue weighted by Gasteiger charge is 2.25. The maximum absolute atomic E-state index is 11.9. The molecule has 1 atom stereocenters. The minimum atomic E-state index is 0.193. The van der Waals surface area contributed by atoms with Gasteiger partial charge in [0.2, 0.25) is 0 Å². The van der Waals surface area contributed by atoms with E-state index in [4.69, 9.17) is 4.74 Å². The van der Waals surface area contributed by atoms with E-state index in [1.807, 2.05) is 11.4 Å². The third-order valence-corrected chi connectivity index (χ3v) is 4.58. The van der Waals surface area contributed by atoms with E-state index in [9.17, 15) is 4.79 Å². The fourth-order valence-corrected chi connectivity index (χ4v) is 3.65. The second-order valence-electron chi connectivity index (χ2n) is 3.22. The molecule has 76 valence electrons. The molecule has 0 aromatic carbocycles. The highest BCUT2D eigenvalue weighted by atomic mass is 32.2. The summed E-state index contributed by atoms with van der Waals surface area (Å²) in [5.41, 5.74) is 0. The molecule has 1 aliphatic rings. The standard InChI is InChI=1S/C10H12O2S2/c1-12-7-5-9(14-6-7)10(11)8-3-2-4-13-8/h5-6,8H,2-4H2,1H3. The van der Waals surface area contributed by atoms with Crippen molar-refractivity contribution in [3.63, 3.8) is 0 Å². The van der Waals surface area contributed by atoms with Gasteiger partial charge in [-0.15, -0.1) is 11.3 Å². The van der Waals surface area contributed by atoms with Gasteiger partial charge < -0.3 is 4.74 Å². The summed E-state index contributed by atoms with van der Waals surface area (Å²) in [4.78, 5) is 12.7. The summed E-state index contributed by atoms with van der Waals surface area (Å²) in [6.45, 7) is 0. The molecule has 0 N–H and O–H groups in total. The molecule has 0 aliphatic carbocycles. The van der Waals surface area contributed by atoms with Crippen LogP contribution in [0.25, 0.3) is 0 Å². The van der Waals surface area contributed by atoms with E-state index in [0.717, 1.165) is 22.8 Å². The van der Waals surface area contributed by atoms with Crippen LogP contribution in [-0.2, 0) is 0 Å². The number of ether oxygens (including phenoxy) is 1. The molecule has 4 heteroatoms.